The highest BCUT2D eigenvalue weighted by atomic mass is 35.5. The largest absolute Gasteiger partial charge is 0.378 e. The van der Waals surface area contributed by atoms with Crippen molar-refractivity contribution in [3.8, 4) is 11.4 Å². The molecule has 3 rings (SSSR count). The Hall–Kier alpha value is -1.59. The molecule has 0 saturated heterocycles. The van der Waals surface area contributed by atoms with Crippen molar-refractivity contribution in [2.24, 2.45) is 7.05 Å². The second-order valence-electron chi connectivity index (χ2n) is 4.35. The first kappa shape index (κ1) is 12.4. The molecule has 0 radical (unpaired) electrons. The zero-order chi connectivity index (χ0) is 13.6. The van der Waals surface area contributed by atoms with E-state index in [9.17, 15) is 0 Å². The van der Waals surface area contributed by atoms with Crippen LogP contribution in [0.1, 0.15) is 5.69 Å². The molecule has 1 aromatic carbocycles. The van der Waals surface area contributed by atoms with Crippen molar-refractivity contribution in [2.75, 3.05) is 12.4 Å². The third-order valence-electron chi connectivity index (χ3n) is 3.16. The molecule has 2 heterocycles. The zero-order valence-electron chi connectivity index (χ0n) is 10.9. The molecule has 0 atom stereocenters. The van der Waals surface area contributed by atoms with Crippen molar-refractivity contribution in [1.82, 2.24) is 13.9 Å². The first-order valence-corrected chi connectivity index (χ1v) is 7.03. The maximum atomic E-state index is 6.02. The van der Waals surface area contributed by atoms with Crippen molar-refractivity contribution >= 4 is 39.2 Å². The third-order valence-corrected chi connectivity index (χ3v) is 4.35. The van der Waals surface area contributed by atoms with Gasteiger partial charge in [0, 0.05) is 19.1 Å². The van der Waals surface area contributed by atoms with E-state index in [1.54, 1.807) is 0 Å². The van der Waals surface area contributed by atoms with Gasteiger partial charge < -0.3 is 9.88 Å². The van der Waals surface area contributed by atoms with Crippen LogP contribution in [-0.2, 0) is 7.05 Å². The normalized spacial score (nSPS) is 11.2. The fourth-order valence-electron chi connectivity index (χ4n) is 2.20. The summed E-state index contributed by atoms with van der Waals surface area (Å²) in [5.74, 6) is 0.910. The van der Waals surface area contributed by atoms with Gasteiger partial charge in [-0.25, -0.2) is 4.98 Å². The standard InChI is InChI=1S/C13H13ClN4S/c1-7-11(13(15-2)19-17-7)12-16-9-6-8(14)4-5-10(9)18(12)3/h4-6,15H,1-3H3. The molecule has 0 aliphatic heterocycles. The van der Waals surface area contributed by atoms with E-state index in [1.807, 2.05) is 39.2 Å². The van der Waals surface area contributed by atoms with Gasteiger partial charge in [-0.2, -0.15) is 4.37 Å². The molecule has 4 nitrogen and oxygen atoms in total. The number of aromatic nitrogens is 3. The molecule has 0 unspecified atom stereocenters. The van der Waals surface area contributed by atoms with E-state index in [1.165, 1.54) is 11.5 Å². The lowest BCUT2D eigenvalue weighted by Gasteiger charge is -2.04. The molecular weight excluding hydrogens is 280 g/mol. The van der Waals surface area contributed by atoms with Gasteiger partial charge in [0.2, 0.25) is 0 Å². The molecule has 2 aromatic heterocycles. The maximum Gasteiger partial charge on any atom is 0.145 e. The molecule has 0 fully saturated rings. The van der Waals surface area contributed by atoms with Gasteiger partial charge in [0.05, 0.1) is 22.3 Å². The molecule has 0 aliphatic carbocycles. The quantitative estimate of drug-likeness (QED) is 0.783. The third kappa shape index (κ3) is 1.89. The molecule has 6 heteroatoms. The van der Waals surface area contributed by atoms with Gasteiger partial charge in [0.25, 0.3) is 0 Å². The number of halogens is 1. The summed E-state index contributed by atoms with van der Waals surface area (Å²) < 4.78 is 6.47. The van der Waals surface area contributed by atoms with Crippen LogP contribution in [-0.4, -0.2) is 21.0 Å². The highest BCUT2D eigenvalue weighted by Crippen LogP contribution is 2.35. The van der Waals surface area contributed by atoms with Gasteiger partial charge in [0.15, 0.2) is 0 Å². The fourth-order valence-corrected chi connectivity index (χ4v) is 3.11. The number of anilines is 1. The van der Waals surface area contributed by atoms with Crippen molar-refractivity contribution in [2.45, 2.75) is 6.92 Å². The molecule has 0 aliphatic rings. The van der Waals surface area contributed by atoms with Crippen LogP contribution in [0.4, 0.5) is 5.00 Å². The molecule has 98 valence electrons. The summed E-state index contributed by atoms with van der Waals surface area (Å²) in [7, 11) is 3.91. The van der Waals surface area contributed by atoms with Gasteiger partial charge in [-0.15, -0.1) is 0 Å². The van der Waals surface area contributed by atoms with Crippen molar-refractivity contribution in [3.63, 3.8) is 0 Å². The fraction of sp³-hybridized carbons (Fsp3) is 0.231. The minimum Gasteiger partial charge on any atom is -0.378 e. The number of rotatable bonds is 2. The number of benzene rings is 1. The predicted molar refractivity (Wildman–Crippen MR) is 81.1 cm³/mol. The number of hydrogen-bond donors (Lipinski definition) is 1. The molecule has 19 heavy (non-hydrogen) atoms. The Morgan fingerprint density at radius 2 is 2.16 bits per heavy atom. The number of nitrogens with zero attached hydrogens (tertiary/aromatic N) is 3. The number of nitrogens with one attached hydrogen (secondary N) is 1. The summed E-state index contributed by atoms with van der Waals surface area (Å²) in [6, 6.07) is 5.75. The second-order valence-corrected chi connectivity index (χ2v) is 5.56. The van der Waals surface area contributed by atoms with Gasteiger partial charge >= 0.3 is 0 Å². The van der Waals surface area contributed by atoms with E-state index in [2.05, 4.69) is 14.3 Å². The average molecular weight is 293 g/mol. The zero-order valence-corrected chi connectivity index (χ0v) is 12.4. The SMILES string of the molecule is CNc1snc(C)c1-c1nc2cc(Cl)ccc2n1C. The van der Waals surface area contributed by atoms with Crippen LogP contribution in [0.3, 0.4) is 0 Å². The number of hydrogen-bond acceptors (Lipinski definition) is 4. The summed E-state index contributed by atoms with van der Waals surface area (Å²) in [5.41, 5.74) is 4.01. The minimum absolute atomic E-state index is 0.700. The smallest absolute Gasteiger partial charge is 0.145 e. The number of aryl methyl sites for hydroxylation is 2. The Labute approximate surface area is 120 Å². The van der Waals surface area contributed by atoms with E-state index in [0.29, 0.717) is 5.02 Å². The van der Waals surface area contributed by atoms with E-state index >= 15 is 0 Å². The Morgan fingerprint density at radius 1 is 1.37 bits per heavy atom. The van der Waals surface area contributed by atoms with Crippen LogP contribution in [0.2, 0.25) is 5.02 Å². The van der Waals surface area contributed by atoms with E-state index in [-0.39, 0.29) is 0 Å². The second kappa shape index (κ2) is 4.51. The van der Waals surface area contributed by atoms with E-state index < -0.39 is 0 Å². The topological polar surface area (TPSA) is 42.7 Å². The minimum atomic E-state index is 0.700. The van der Waals surface area contributed by atoms with Crippen LogP contribution in [0.25, 0.3) is 22.4 Å². The summed E-state index contributed by atoms with van der Waals surface area (Å²) >= 11 is 7.48. The lowest BCUT2D eigenvalue weighted by atomic mass is 10.2. The van der Waals surface area contributed by atoms with Gasteiger partial charge in [-0.3, -0.25) is 0 Å². The first-order valence-electron chi connectivity index (χ1n) is 5.88. The maximum absolute atomic E-state index is 6.02. The summed E-state index contributed by atoms with van der Waals surface area (Å²) in [6.07, 6.45) is 0. The monoisotopic (exact) mass is 292 g/mol. The summed E-state index contributed by atoms with van der Waals surface area (Å²) in [6.45, 7) is 2.00. The highest BCUT2D eigenvalue weighted by Gasteiger charge is 2.18. The average Bonchev–Trinajstić information content (AvgIpc) is 2.90. The molecule has 0 amide bonds. The van der Waals surface area contributed by atoms with E-state index in [0.717, 1.165) is 33.1 Å². The molecule has 1 N–H and O–H groups in total. The van der Waals surface area contributed by atoms with Crippen LogP contribution in [0, 0.1) is 6.92 Å². The Bertz CT molecular complexity index is 759. The summed E-state index contributed by atoms with van der Waals surface area (Å²) in [4.78, 5) is 4.69. The Morgan fingerprint density at radius 3 is 2.89 bits per heavy atom. The van der Waals surface area contributed by atoms with Gasteiger partial charge in [-0.1, -0.05) is 11.6 Å². The number of fused-ring (bicyclic) bond motifs is 1. The Balaban J connectivity index is 2.31. The van der Waals surface area contributed by atoms with Crippen molar-refractivity contribution in [3.05, 3.63) is 28.9 Å². The van der Waals surface area contributed by atoms with Crippen LogP contribution in [0.5, 0.6) is 0 Å². The van der Waals surface area contributed by atoms with Crippen molar-refractivity contribution in [1.29, 1.82) is 0 Å². The predicted octanol–water partition coefficient (Wildman–Crippen LogP) is 3.70. The first-order chi connectivity index (χ1) is 9.11. The van der Waals surface area contributed by atoms with Crippen LogP contribution < -0.4 is 5.32 Å². The molecule has 0 saturated carbocycles. The van der Waals surface area contributed by atoms with Crippen LogP contribution >= 0.6 is 23.1 Å². The molecule has 0 spiro atoms. The molecule has 3 aromatic rings. The lowest BCUT2D eigenvalue weighted by Crippen LogP contribution is -1.96. The molecular formula is C13H13ClN4S. The van der Waals surface area contributed by atoms with Crippen molar-refractivity contribution < 1.29 is 0 Å². The highest BCUT2D eigenvalue weighted by molar-refractivity contribution is 7.10. The molecule has 0 bridgehead atoms. The van der Waals surface area contributed by atoms with Gasteiger partial charge in [0.1, 0.15) is 10.8 Å². The lowest BCUT2D eigenvalue weighted by molar-refractivity contribution is 0.957. The van der Waals surface area contributed by atoms with E-state index in [4.69, 9.17) is 16.6 Å². The van der Waals surface area contributed by atoms with Crippen LogP contribution in [0.15, 0.2) is 18.2 Å². The van der Waals surface area contributed by atoms with Gasteiger partial charge in [-0.05, 0) is 36.7 Å². The Kier molecular flexibility index (Phi) is 2.95. The summed E-state index contributed by atoms with van der Waals surface area (Å²) in [5, 5.41) is 4.90. The number of imidazole rings is 1.